The van der Waals surface area contributed by atoms with Crippen LogP contribution in [-0.2, 0) is 7.05 Å². The average Bonchev–Trinajstić information content (AvgIpc) is 3.04. The van der Waals surface area contributed by atoms with E-state index in [9.17, 15) is 9.18 Å². The topological polar surface area (TPSA) is 76.2 Å². The minimum absolute atomic E-state index is 0.126. The smallest absolute Gasteiger partial charge is 0.295 e. The molecule has 0 bridgehead atoms. The molecule has 4 rings (SSSR count). The molecular formula is C18H20FN5O2. The molecule has 8 heteroatoms. The Bertz CT molecular complexity index is 983. The Kier molecular flexibility index (Phi) is 4.32. The van der Waals surface area contributed by atoms with Crippen LogP contribution >= 0.6 is 0 Å². The van der Waals surface area contributed by atoms with Crippen molar-refractivity contribution in [1.82, 2.24) is 14.8 Å². The van der Waals surface area contributed by atoms with Crippen molar-refractivity contribution in [2.45, 2.75) is 25.3 Å². The second-order valence-electron chi connectivity index (χ2n) is 6.51. The summed E-state index contributed by atoms with van der Waals surface area (Å²) in [6.45, 7) is 1.51. The van der Waals surface area contributed by atoms with Gasteiger partial charge < -0.3 is 14.6 Å². The summed E-state index contributed by atoms with van der Waals surface area (Å²) in [5.41, 5.74) is 0.918. The van der Waals surface area contributed by atoms with Crippen molar-refractivity contribution in [2.75, 3.05) is 23.3 Å². The van der Waals surface area contributed by atoms with Crippen LogP contribution in [0.1, 0.15) is 19.3 Å². The van der Waals surface area contributed by atoms with Crippen LogP contribution in [0.2, 0.25) is 0 Å². The summed E-state index contributed by atoms with van der Waals surface area (Å²) in [6.07, 6.45) is 3.23. The summed E-state index contributed by atoms with van der Waals surface area (Å²) in [6, 6.07) is 8.17. The maximum Gasteiger partial charge on any atom is 0.295 e. The van der Waals surface area contributed by atoms with Crippen LogP contribution in [0.25, 0.3) is 11.1 Å². The monoisotopic (exact) mass is 357 g/mol. The molecule has 0 amide bonds. The molecule has 0 saturated carbocycles. The van der Waals surface area contributed by atoms with E-state index in [-0.39, 0.29) is 17.4 Å². The van der Waals surface area contributed by atoms with Gasteiger partial charge in [0.2, 0.25) is 0 Å². The number of aryl methyl sites for hydroxylation is 1. The van der Waals surface area contributed by atoms with Gasteiger partial charge in [-0.25, -0.2) is 9.07 Å². The number of nitrogens with one attached hydrogen (secondary N) is 1. The minimum atomic E-state index is -0.337. The molecular weight excluding hydrogens is 337 g/mol. The van der Waals surface area contributed by atoms with Gasteiger partial charge in [-0.3, -0.25) is 4.79 Å². The van der Waals surface area contributed by atoms with Gasteiger partial charge in [-0.2, -0.15) is 10.1 Å². The summed E-state index contributed by atoms with van der Waals surface area (Å²) in [7, 11) is 1.65. The molecule has 3 heterocycles. The van der Waals surface area contributed by atoms with Gasteiger partial charge in [0.25, 0.3) is 11.6 Å². The number of aromatic nitrogens is 3. The van der Waals surface area contributed by atoms with Crippen molar-refractivity contribution >= 4 is 22.9 Å². The number of oxazole rings is 1. The molecule has 1 saturated heterocycles. The Morgan fingerprint density at radius 1 is 1.31 bits per heavy atom. The predicted molar refractivity (Wildman–Crippen MR) is 96.9 cm³/mol. The van der Waals surface area contributed by atoms with Gasteiger partial charge in [-0.1, -0.05) is 0 Å². The highest BCUT2D eigenvalue weighted by atomic mass is 19.1. The van der Waals surface area contributed by atoms with Gasteiger partial charge in [0.15, 0.2) is 5.58 Å². The fraction of sp³-hybridized carbons (Fsp3) is 0.389. The van der Waals surface area contributed by atoms with E-state index in [0.717, 1.165) is 31.6 Å². The lowest BCUT2D eigenvalue weighted by Crippen LogP contribution is -2.44. The second kappa shape index (κ2) is 6.78. The third-order valence-corrected chi connectivity index (χ3v) is 4.71. The number of hydrogen-bond donors (Lipinski definition) is 1. The molecule has 1 aliphatic rings. The Hall–Kier alpha value is -2.90. The molecule has 3 aromatic rings. The van der Waals surface area contributed by atoms with Gasteiger partial charge in [-0.05, 0) is 37.5 Å². The molecule has 1 N–H and O–H groups in total. The second-order valence-corrected chi connectivity index (χ2v) is 6.51. The number of halogens is 1. The van der Waals surface area contributed by atoms with Crippen molar-refractivity contribution in [3.8, 4) is 0 Å². The number of piperidine rings is 1. The fourth-order valence-electron chi connectivity index (χ4n) is 3.34. The van der Waals surface area contributed by atoms with Crippen molar-refractivity contribution in [2.24, 2.45) is 7.05 Å². The van der Waals surface area contributed by atoms with Gasteiger partial charge in [0.05, 0.1) is 0 Å². The number of anilines is 2. The molecule has 1 unspecified atom stereocenters. The molecule has 1 aromatic carbocycles. The molecule has 0 aliphatic carbocycles. The van der Waals surface area contributed by atoms with E-state index in [4.69, 9.17) is 4.42 Å². The van der Waals surface area contributed by atoms with Gasteiger partial charge >= 0.3 is 0 Å². The third-order valence-electron chi connectivity index (χ3n) is 4.71. The first-order valence-corrected chi connectivity index (χ1v) is 8.71. The quantitative estimate of drug-likeness (QED) is 0.773. The van der Waals surface area contributed by atoms with Crippen LogP contribution in [-0.4, -0.2) is 33.9 Å². The molecule has 1 aliphatic heterocycles. The van der Waals surface area contributed by atoms with E-state index in [1.807, 2.05) is 0 Å². The molecule has 0 radical (unpaired) electrons. The third kappa shape index (κ3) is 3.26. The summed E-state index contributed by atoms with van der Waals surface area (Å²) >= 11 is 0. The van der Waals surface area contributed by atoms with E-state index in [1.165, 1.54) is 22.9 Å². The SMILES string of the molecule is Cn1nc(N2CCCCC2CNc2nc3cc(F)ccc3o2)ccc1=O. The number of nitrogens with zero attached hydrogens (tertiary/aromatic N) is 4. The molecule has 7 nitrogen and oxygen atoms in total. The van der Waals surface area contributed by atoms with Gasteiger partial charge in [-0.15, -0.1) is 0 Å². The Morgan fingerprint density at radius 3 is 3.04 bits per heavy atom. The standard InChI is InChI=1S/C18H20FN5O2/c1-23-17(25)8-7-16(22-23)24-9-3-2-4-13(24)11-20-18-21-14-10-12(19)5-6-15(14)26-18/h5-8,10,13H,2-4,9,11H2,1H3,(H,20,21). The van der Waals surface area contributed by atoms with Crippen molar-refractivity contribution < 1.29 is 8.81 Å². The molecule has 26 heavy (non-hydrogen) atoms. The highest BCUT2D eigenvalue weighted by molar-refractivity contribution is 5.74. The Labute approximate surface area is 149 Å². The normalized spacial score (nSPS) is 17.6. The van der Waals surface area contributed by atoms with Crippen LogP contribution in [0.15, 0.2) is 39.5 Å². The average molecular weight is 357 g/mol. The largest absolute Gasteiger partial charge is 0.424 e. The van der Waals surface area contributed by atoms with E-state index in [1.54, 1.807) is 19.2 Å². The predicted octanol–water partition coefficient (Wildman–Crippen LogP) is 2.53. The lowest BCUT2D eigenvalue weighted by atomic mass is 10.0. The Morgan fingerprint density at radius 2 is 2.19 bits per heavy atom. The summed E-state index contributed by atoms with van der Waals surface area (Å²) in [5.74, 6) is 0.454. The minimum Gasteiger partial charge on any atom is -0.424 e. The summed E-state index contributed by atoms with van der Waals surface area (Å²) in [5, 5.41) is 7.58. The van der Waals surface area contributed by atoms with Crippen LogP contribution in [0.4, 0.5) is 16.2 Å². The maximum atomic E-state index is 13.3. The van der Waals surface area contributed by atoms with Crippen molar-refractivity contribution in [1.29, 1.82) is 0 Å². The lowest BCUT2D eigenvalue weighted by molar-refractivity contribution is 0.460. The van der Waals surface area contributed by atoms with Crippen LogP contribution in [0, 0.1) is 5.82 Å². The number of rotatable bonds is 4. The number of fused-ring (bicyclic) bond motifs is 1. The van der Waals surface area contributed by atoms with Crippen LogP contribution in [0.3, 0.4) is 0 Å². The first kappa shape index (κ1) is 16.6. The number of benzene rings is 1. The van der Waals surface area contributed by atoms with Crippen molar-refractivity contribution in [3.63, 3.8) is 0 Å². The van der Waals surface area contributed by atoms with E-state index < -0.39 is 0 Å². The lowest BCUT2D eigenvalue weighted by Gasteiger charge is -2.36. The van der Waals surface area contributed by atoms with Gasteiger partial charge in [0, 0.05) is 38.3 Å². The zero-order valence-electron chi connectivity index (χ0n) is 14.5. The first-order valence-electron chi connectivity index (χ1n) is 8.71. The molecule has 0 spiro atoms. The molecule has 136 valence electrons. The van der Waals surface area contributed by atoms with Gasteiger partial charge in [0.1, 0.15) is 17.2 Å². The number of hydrogen-bond acceptors (Lipinski definition) is 6. The van der Waals surface area contributed by atoms with Crippen molar-refractivity contribution in [3.05, 3.63) is 46.5 Å². The van der Waals surface area contributed by atoms with Crippen LogP contribution in [0.5, 0.6) is 0 Å². The summed E-state index contributed by atoms with van der Waals surface area (Å²) < 4.78 is 20.3. The van der Waals surface area contributed by atoms with E-state index >= 15 is 0 Å². The maximum absolute atomic E-state index is 13.3. The highest BCUT2D eigenvalue weighted by Crippen LogP contribution is 2.24. The Balaban J connectivity index is 1.50. The first-order chi connectivity index (χ1) is 12.6. The zero-order valence-corrected chi connectivity index (χ0v) is 14.5. The fourth-order valence-corrected chi connectivity index (χ4v) is 3.34. The van der Waals surface area contributed by atoms with E-state index in [0.29, 0.717) is 23.7 Å². The molecule has 1 fully saturated rings. The molecule has 2 aromatic heterocycles. The summed E-state index contributed by atoms with van der Waals surface area (Å²) in [4.78, 5) is 18.1. The van der Waals surface area contributed by atoms with E-state index in [2.05, 4.69) is 20.3 Å². The highest BCUT2D eigenvalue weighted by Gasteiger charge is 2.24. The van der Waals surface area contributed by atoms with Crippen LogP contribution < -0.4 is 15.8 Å². The zero-order chi connectivity index (χ0) is 18.1. The molecule has 1 atom stereocenters.